The lowest BCUT2D eigenvalue weighted by molar-refractivity contribution is 0.189. The number of likely N-dealkylation sites (tertiary alicyclic amines) is 1. The van der Waals surface area contributed by atoms with Gasteiger partial charge in [0, 0.05) is 68.6 Å². The molecule has 0 radical (unpaired) electrons. The zero-order valence-electron chi connectivity index (χ0n) is 27.4. The van der Waals surface area contributed by atoms with Crippen molar-refractivity contribution in [2.75, 3.05) is 76.2 Å². The van der Waals surface area contributed by atoms with E-state index in [-0.39, 0.29) is 0 Å². The number of fused-ring (bicyclic) bond motifs is 1. The lowest BCUT2D eigenvalue weighted by Gasteiger charge is -2.38. The van der Waals surface area contributed by atoms with E-state index >= 15 is 0 Å². The molecular weight excluding hydrogens is 665 g/mol. The largest absolute Gasteiger partial charge is 0.494 e. The predicted octanol–water partition coefficient (Wildman–Crippen LogP) is 5.84. The number of aryl methyl sites for hydroxylation is 1. The molecule has 0 spiro atoms. The molecule has 2 aromatic carbocycles. The van der Waals surface area contributed by atoms with Gasteiger partial charge in [0.1, 0.15) is 24.2 Å². The summed E-state index contributed by atoms with van der Waals surface area (Å²) < 4.78 is 19.9. The molecule has 46 heavy (non-hydrogen) atoms. The highest BCUT2D eigenvalue weighted by molar-refractivity contribution is 9.10. The Bertz CT molecular complexity index is 1770. The van der Waals surface area contributed by atoms with Gasteiger partial charge in [-0.2, -0.15) is 4.98 Å². The van der Waals surface area contributed by atoms with Gasteiger partial charge in [-0.05, 0) is 93.3 Å². The van der Waals surface area contributed by atoms with Crippen LogP contribution in [0.1, 0.15) is 24.8 Å². The van der Waals surface area contributed by atoms with Crippen molar-refractivity contribution in [3.8, 4) is 5.75 Å². The molecule has 11 nitrogen and oxygen atoms in total. The number of halogens is 1. The van der Waals surface area contributed by atoms with Crippen LogP contribution in [0.15, 0.2) is 47.3 Å². The van der Waals surface area contributed by atoms with E-state index in [9.17, 15) is 4.57 Å². The van der Waals surface area contributed by atoms with Crippen LogP contribution in [0.4, 0.5) is 28.8 Å². The van der Waals surface area contributed by atoms with E-state index in [2.05, 4.69) is 89.4 Å². The first-order valence-electron chi connectivity index (χ1n) is 15.7. The molecule has 2 saturated heterocycles. The summed E-state index contributed by atoms with van der Waals surface area (Å²) in [6, 6.07) is 9.28. The summed E-state index contributed by atoms with van der Waals surface area (Å²) in [7, 11) is 3.34. The fourth-order valence-electron chi connectivity index (χ4n) is 6.71. The molecule has 1 atom stereocenters. The highest BCUT2D eigenvalue weighted by atomic mass is 79.9. The van der Waals surface area contributed by atoms with Crippen molar-refractivity contribution in [3.63, 3.8) is 0 Å². The molecule has 0 aliphatic carbocycles. The lowest BCUT2D eigenvalue weighted by atomic mass is 10.0. The fraction of sp³-hybridized carbons (Fsp3) is 0.455. The summed E-state index contributed by atoms with van der Waals surface area (Å²) in [6.07, 6.45) is 8.54. The second-order valence-corrected chi connectivity index (χ2v) is 16.8. The number of likely N-dealkylation sites (N-methyl/N-ethyl adjacent to an activating group) is 1. The number of methoxy groups -OCH3 is 1. The molecular formula is C33H43BrN9O2P. The second kappa shape index (κ2) is 13.4. The normalized spacial score (nSPS) is 18.0. The number of aromatic nitrogens is 4. The number of nitrogens with one attached hydrogen (secondary N) is 2. The molecule has 4 heterocycles. The molecule has 2 N–H and O–H groups in total. The molecule has 4 aromatic rings. The average molecular weight is 709 g/mol. The molecule has 2 aliphatic rings. The Morgan fingerprint density at radius 3 is 2.46 bits per heavy atom. The van der Waals surface area contributed by atoms with Gasteiger partial charge in [-0.3, -0.25) is 14.9 Å². The third-order valence-electron chi connectivity index (χ3n) is 9.16. The number of hydrogen-bond acceptors (Lipinski definition) is 11. The molecule has 244 valence electrons. The Morgan fingerprint density at radius 2 is 1.76 bits per heavy atom. The van der Waals surface area contributed by atoms with Crippen LogP contribution in [0, 0.1) is 6.92 Å². The molecule has 6 rings (SSSR count). The van der Waals surface area contributed by atoms with Gasteiger partial charge in [-0.1, -0.05) is 0 Å². The molecule has 0 amide bonds. The van der Waals surface area contributed by atoms with E-state index in [0.29, 0.717) is 50.3 Å². The Hall–Kier alpha value is -3.31. The van der Waals surface area contributed by atoms with Crippen LogP contribution >= 0.6 is 23.1 Å². The Balaban J connectivity index is 1.19. The van der Waals surface area contributed by atoms with Crippen LogP contribution < -0.4 is 25.6 Å². The zero-order chi connectivity index (χ0) is 32.6. The van der Waals surface area contributed by atoms with Gasteiger partial charge in [0.2, 0.25) is 5.95 Å². The maximum absolute atomic E-state index is 13.4. The summed E-state index contributed by atoms with van der Waals surface area (Å²) in [5.41, 5.74) is 5.11. The van der Waals surface area contributed by atoms with Crippen LogP contribution in [-0.2, 0) is 4.57 Å². The van der Waals surface area contributed by atoms with E-state index in [1.807, 2.05) is 12.1 Å². The number of rotatable bonds is 9. The van der Waals surface area contributed by atoms with Crippen molar-refractivity contribution in [3.05, 3.63) is 52.9 Å². The van der Waals surface area contributed by atoms with Crippen molar-refractivity contribution < 1.29 is 9.30 Å². The van der Waals surface area contributed by atoms with Gasteiger partial charge in [0.25, 0.3) is 0 Å². The van der Waals surface area contributed by atoms with Crippen LogP contribution in [0.2, 0.25) is 0 Å². The Kier molecular flexibility index (Phi) is 9.53. The summed E-state index contributed by atoms with van der Waals surface area (Å²) >= 11 is 3.58. The minimum atomic E-state index is -2.73. The van der Waals surface area contributed by atoms with Crippen molar-refractivity contribution in [1.29, 1.82) is 0 Å². The van der Waals surface area contributed by atoms with Gasteiger partial charge in [-0.15, -0.1) is 0 Å². The molecule has 0 unspecified atom stereocenters. The topological polar surface area (TPSA) is 112 Å². The van der Waals surface area contributed by atoms with Gasteiger partial charge in [0.15, 0.2) is 0 Å². The Morgan fingerprint density at radius 1 is 1.00 bits per heavy atom. The fourth-order valence-corrected chi connectivity index (χ4v) is 8.39. The minimum Gasteiger partial charge on any atom is -0.494 e. The highest BCUT2D eigenvalue weighted by Crippen LogP contribution is 2.42. The van der Waals surface area contributed by atoms with Crippen molar-refractivity contribution in [2.45, 2.75) is 38.3 Å². The third-order valence-corrected chi connectivity index (χ3v) is 11.3. The smallest absolute Gasteiger partial charge is 0.229 e. The maximum atomic E-state index is 13.4. The van der Waals surface area contributed by atoms with E-state index in [1.54, 1.807) is 39.0 Å². The summed E-state index contributed by atoms with van der Waals surface area (Å²) in [6.45, 7) is 10.0. The van der Waals surface area contributed by atoms with Crippen molar-refractivity contribution in [1.82, 2.24) is 29.7 Å². The van der Waals surface area contributed by atoms with E-state index in [0.717, 1.165) is 30.1 Å². The van der Waals surface area contributed by atoms with Crippen molar-refractivity contribution in [2.24, 2.45) is 0 Å². The monoisotopic (exact) mass is 707 g/mol. The first-order chi connectivity index (χ1) is 22.0. The third kappa shape index (κ3) is 6.86. The van der Waals surface area contributed by atoms with Gasteiger partial charge < -0.3 is 29.7 Å². The standard InChI is InChI=1S/C33H43BrN9O2P/c1-21-17-27(29(45-4)18-28(21)42-14-9-22(10-15-42)43-16-11-23(20-43)41(2)3)39-33-37-19-24(34)32(40-33)38-26-8-7-25-30(36-13-12-35-25)31(26)46(5,6)44/h7-8,12-13,17-19,22-23H,9-11,14-16,20H2,1-6H3,(H2,37,38,39,40)/t23-/m0/s1. The zero-order valence-corrected chi connectivity index (χ0v) is 29.9. The Labute approximate surface area is 279 Å². The minimum absolute atomic E-state index is 0.400. The van der Waals surface area contributed by atoms with Crippen LogP contribution in [0.3, 0.4) is 0 Å². The van der Waals surface area contributed by atoms with Gasteiger partial charge >= 0.3 is 0 Å². The van der Waals surface area contributed by atoms with Gasteiger partial charge in [-0.25, -0.2) is 4.98 Å². The number of benzene rings is 2. The summed E-state index contributed by atoms with van der Waals surface area (Å²) in [4.78, 5) is 25.7. The molecule has 2 aliphatic heterocycles. The van der Waals surface area contributed by atoms with Crippen LogP contribution in [-0.4, -0.2) is 103 Å². The van der Waals surface area contributed by atoms with Crippen molar-refractivity contribution >= 4 is 68.2 Å². The first kappa shape index (κ1) is 32.6. The second-order valence-electron chi connectivity index (χ2n) is 12.8. The molecule has 0 saturated carbocycles. The van der Waals surface area contributed by atoms with Crippen LogP contribution in [0.5, 0.6) is 5.75 Å². The first-order valence-corrected chi connectivity index (χ1v) is 19.1. The van der Waals surface area contributed by atoms with E-state index in [4.69, 9.17) is 9.72 Å². The summed E-state index contributed by atoms with van der Waals surface area (Å²) in [5, 5.41) is 7.37. The lowest BCUT2D eigenvalue weighted by Crippen LogP contribution is -2.45. The molecule has 0 bridgehead atoms. The predicted molar refractivity (Wildman–Crippen MR) is 192 cm³/mol. The number of ether oxygens (including phenoxy) is 1. The number of piperidine rings is 1. The number of hydrogen-bond donors (Lipinski definition) is 2. The SMILES string of the molecule is COc1cc(N2CCC(N3CC[C@H](N(C)C)C3)CC2)c(C)cc1Nc1ncc(Br)c(Nc2ccc3nccnc3c2P(C)(C)=O)n1. The molecule has 13 heteroatoms. The maximum Gasteiger partial charge on any atom is 0.229 e. The highest BCUT2D eigenvalue weighted by Gasteiger charge is 2.32. The quantitative estimate of drug-likeness (QED) is 0.205. The summed E-state index contributed by atoms with van der Waals surface area (Å²) in [5.74, 6) is 1.66. The molecule has 2 fully saturated rings. The van der Waals surface area contributed by atoms with E-state index < -0.39 is 7.14 Å². The average Bonchev–Trinajstić information content (AvgIpc) is 3.53. The number of anilines is 5. The van der Waals surface area contributed by atoms with Crippen LogP contribution in [0.25, 0.3) is 11.0 Å². The van der Waals surface area contributed by atoms with Gasteiger partial charge in [0.05, 0.1) is 33.8 Å². The molecule has 2 aromatic heterocycles. The van der Waals surface area contributed by atoms with E-state index in [1.165, 1.54) is 38.0 Å². The number of nitrogens with zero attached hydrogens (tertiary/aromatic N) is 7.